The number of hydrogen-bond acceptors (Lipinski definition) is 5. The fraction of sp³-hybridized carbons (Fsp3) is 0.333. The molecule has 1 atom stereocenters. The molecule has 39 heavy (non-hydrogen) atoms. The van der Waals surface area contributed by atoms with Gasteiger partial charge in [0.15, 0.2) is 0 Å². The van der Waals surface area contributed by atoms with E-state index in [-0.39, 0.29) is 17.9 Å². The van der Waals surface area contributed by atoms with Crippen molar-refractivity contribution in [1.29, 1.82) is 0 Å². The van der Waals surface area contributed by atoms with Crippen LogP contribution in [0.5, 0.6) is 5.75 Å². The standard InChI is InChI=1S/C30H31Cl2N3O4/c1-38-28-18-21(34-29(36)22-5-2-3-6-25(22)32)11-12-23(28)30(37)35-15-4-7-27(39-16-14-33-20-9-10-20)24-17-19(31)8-13-26(24)35/h2-3,5-6,8,11-13,17-18,20,27,33H,4,7,9-10,14-16H2,1H3,(H,34,36). The van der Waals surface area contributed by atoms with Crippen molar-refractivity contribution in [3.8, 4) is 5.75 Å². The topological polar surface area (TPSA) is 79.9 Å². The molecule has 0 saturated heterocycles. The Balaban J connectivity index is 1.36. The van der Waals surface area contributed by atoms with Crippen molar-refractivity contribution in [1.82, 2.24) is 5.32 Å². The van der Waals surface area contributed by atoms with Gasteiger partial charge < -0.3 is 25.0 Å². The molecule has 1 fully saturated rings. The van der Waals surface area contributed by atoms with E-state index in [0.29, 0.717) is 51.8 Å². The highest BCUT2D eigenvalue weighted by molar-refractivity contribution is 6.34. The highest BCUT2D eigenvalue weighted by atomic mass is 35.5. The second kappa shape index (κ2) is 12.4. The van der Waals surface area contributed by atoms with Crippen molar-refractivity contribution < 1.29 is 19.1 Å². The minimum atomic E-state index is -0.349. The van der Waals surface area contributed by atoms with Gasteiger partial charge >= 0.3 is 0 Å². The van der Waals surface area contributed by atoms with E-state index in [9.17, 15) is 9.59 Å². The van der Waals surface area contributed by atoms with E-state index in [1.54, 1.807) is 53.4 Å². The number of carbonyl (C=O) groups is 2. The van der Waals surface area contributed by atoms with Crippen molar-refractivity contribution in [3.05, 3.63) is 87.4 Å². The lowest BCUT2D eigenvalue weighted by molar-refractivity contribution is 0.0491. The number of methoxy groups -OCH3 is 1. The first-order chi connectivity index (χ1) is 18.9. The molecule has 7 nitrogen and oxygen atoms in total. The largest absolute Gasteiger partial charge is 0.496 e. The third-order valence-corrected chi connectivity index (χ3v) is 7.52. The summed E-state index contributed by atoms with van der Waals surface area (Å²) in [7, 11) is 1.50. The van der Waals surface area contributed by atoms with E-state index < -0.39 is 0 Å². The quantitative estimate of drug-likeness (QED) is 0.288. The number of carbonyl (C=O) groups excluding carboxylic acids is 2. The molecule has 0 aromatic heterocycles. The summed E-state index contributed by atoms with van der Waals surface area (Å²) in [4.78, 5) is 28.4. The van der Waals surface area contributed by atoms with Gasteiger partial charge in [0.1, 0.15) is 5.75 Å². The normalized spacial score (nSPS) is 16.8. The lowest BCUT2D eigenvalue weighted by atomic mass is 10.0. The maximum Gasteiger partial charge on any atom is 0.262 e. The van der Waals surface area contributed by atoms with Gasteiger partial charge in [-0.2, -0.15) is 0 Å². The second-order valence-corrected chi connectivity index (χ2v) is 10.6. The van der Waals surface area contributed by atoms with Crippen molar-refractivity contribution >= 4 is 46.4 Å². The molecule has 2 N–H and O–H groups in total. The third kappa shape index (κ3) is 6.56. The smallest absolute Gasteiger partial charge is 0.262 e. The number of benzene rings is 3. The molecular weight excluding hydrogens is 537 g/mol. The first-order valence-electron chi connectivity index (χ1n) is 13.1. The van der Waals surface area contributed by atoms with Crippen LogP contribution in [0.15, 0.2) is 60.7 Å². The van der Waals surface area contributed by atoms with Gasteiger partial charge in [0.2, 0.25) is 0 Å². The van der Waals surface area contributed by atoms with Crippen LogP contribution in [0.25, 0.3) is 0 Å². The fourth-order valence-electron chi connectivity index (χ4n) is 4.81. The van der Waals surface area contributed by atoms with Crippen LogP contribution in [0.1, 0.15) is 58.1 Å². The predicted octanol–water partition coefficient (Wildman–Crippen LogP) is 6.50. The van der Waals surface area contributed by atoms with Gasteiger partial charge in [-0.15, -0.1) is 0 Å². The molecule has 3 aromatic carbocycles. The molecule has 1 saturated carbocycles. The first kappa shape index (κ1) is 27.5. The molecule has 0 bridgehead atoms. The summed E-state index contributed by atoms with van der Waals surface area (Å²) in [5.74, 6) is -0.190. The molecule has 1 heterocycles. The lowest BCUT2D eigenvalue weighted by Crippen LogP contribution is -2.32. The van der Waals surface area contributed by atoms with Crippen LogP contribution < -0.4 is 20.3 Å². The molecule has 2 amide bonds. The van der Waals surface area contributed by atoms with Crippen LogP contribution >= 0.6 is 23.2 Å². The van der Waals surface area contributed by atoms with Crippen LogP contribution in [0.4, 0.5) is 11.4 Å². The number of rotatable bonds is 9. The van der Waals surface area contributed by atoms with E-state index in [2.05, 4.69) is 10.6 Å². The Bertz CT molecular complexity index is 1360. The SMILES string of the molecule is COc1cc(NC(=O)c2ccccc2Cl)ccc1C(=O)N1CCCC(OCCNC2CC2)c2cc(Cl)ccc21. The average molecular weight is 569 g/mol. The number of nitrogens with zero attached hydrogens (tertiary/aromatic N) is 1. The highest BCUT2D eigenvalue weighted by Gasteiger charge is 2.30. The Morgan fingerprint density at radius 3 is 2.59 bits per heavy atom. The van der Waals surface area contributed by atoms with Crippen molar-refractivity contribution in [2.24, 2.45) is 0 Å². The van der Waals surface area contributed by atoms with E-state index >= 15 is 0 Å². The average Bonchev–Trinajstić information content (AvgIpc) is 3.78. The van der Waals surface area contributed by atoms with Gasteiger partial charge in [-0.1, -0.05) is 35.3 Å². The number of amides is 2. The molecule has 5 rings (SSSR count). The zero-order chi connectivity index (χ0) is 27.4. The Morgan fingerprint density at radius 2 is 1.82 bits per heavy atom. The monoisotopic (exact) mass is 567 g/mol. The summed E-state index contributed by atoms with van der Waals surface area (Å²) in [6, 6.07) is 18.0. The summed E-state index contributed by atoms with van der Waals surface area (Å²) in [6.07, 6.45) is 3.87. The molecule has 0 spiro atoms. The number of halogens is 2. The van der Waals surface area contributed by atoms with Crippen LogP contribution in [0, 0.1) is 0 Å². The van der Waals surface area contributed by atoms with Crippen LogP contribution in [-0.4, -0.2) is 44.7 Å². The minimum Gasteiger partial charge on any atom is -0.496 e. The molecule has 1 aliphatic heterocycles. The molecule has 1 aliphatic carbocycles. The van der Waals surface area contributed by atoms with Gasteiger partial charge in [-0.25, -0.2) is 0 Å². The van der Waals surface area contributed by atoms with Crippen LogP contribution in [-0.2, 0) is 4.74 Å². The number of ether oxygens (including phenoxy) is 2. The van der Waals surface area contributed by atoms with E-state index in [0.717, 1.165) is 30.6 Å². The summed E-state index contributed by atoms with van der Waals surface area (Å²) in [6.45, 7) is 1.92. The number of fused-ring (bicyclic) bond motifs is 1. The maximum absolute atomic E-state index is 13.9. The number of nitrogens with one attached hydrogen (secondary N) is 2. The number of hydrogen-bond donors (Lipinski definition) is 2. The molecule has 3 aromatic rings. The fourth-order valence-corrected chi connectivity index (χ4v) is 5.21. The molecular formula is C30H31Cl2N3O4. The summed E-state index contributed by atoms with van der Waals surface area (Å²) in [5, 5.41) is 7.26. The van der Waals surface area contributed by atoms with Gasteiger partial charge in [0.05, 0.1) is 36.0 Å². The molecule has 2 aliphatic rings. The van der Waals surface area contributed by atoms with E-state index in [1.165, 1.54) is 20.0 Å². The van der Waals surface area contributed by atoms with Gasteiger partial charge in [0, 0.05) is 47.2 Å². The van der Waals surface area contributed by atoms with Crippen molar-refractivity contribution in [2.75, 3.05) is 37.0 Å². The minimum absolute atomic E-state index is 0.151. The second-order valence-electron chi connectivity index (χ2n) is 9.74. The maximum atomic E-state index is 13.9. The molecule has 204 valence electrons. The summed E-state index contributed by atoms with van der Waals surface area (Å²) < 4.78 is 11.8. The highest BCUT2D eigenvalue weighted by Crippen LogP contribution is 2.38. The lowest BCUT2D eigenvalue weighted by Gasteiger charge is -2.25. The zero-order valence-corrected chi connectivity index (χ0v) is 23.2. The number of anilines is 2. The Hall–Kier alpha value is -3.10. The first-order valence-corrected chi connectivity index (χ1v) is 13.9. The Morgan fingerprint density at radius 1 is 1.00 bits per heavy atom. The Kier molecular flexibility index (Phi) is 8.72. The van der Waals surface area contributed by atoms with Gasteiger partial charge in [0.25, 0.3) is 11.8 Å². The van der Waals surface area contributed by atoms with E-state index in [4.69, 9.17) is 32.7 Å². The van der Waals surface area contributed by atoms with Crippen molar-refractivity contribution in [3.63, 3.8) is 0 Å². The predicted molar refractivity (Wildman–Crippen MR) is 154 cm³/mol. The van der Waals surface area contributed by atoms with Crippen LogP contribution in [0.2, 0.25) is 10.0 Å². The van der Waals surface area contributed by atoms with Crippen LogP contribution in [0.3, 0.4) is 0 Å². The Labute approximate surface area is 238 Å². The van der Waals surface area contributed by atoms with Crippen molar-refractivity contribution in [2.45, 2.75) is 37.8 Å². The molecule has 1 unspecified atom stereocenters. The van der Waals surface area contributed by atoms with Gasteiger partial charge in [-0.3, -0.25) is 9.59 Å². The summed E-state index contributed by atoms with van der Waals surface area (Å²) in [5.41, 5.74) is 2.92. The third-order valence-electron chi connectivity index (χ3n) is 6.96. The van der Waals surface area contributed by atoms with Gasteiger partial charge in [-0.05, 0) is 68.1 Å². The zero-order valence-electron chi connectivity index (χ0n) is 21.7. The summed E-state index contributed by atoms with van der Waals surface area (Å²) >= 11 is 12.5. The van der Waals surface area contributed by atoms with E-state index in [1.807, 2.05) is 12.1 Å². The molecule has 9 heteroatoms. The molecule has 0 radical (unpaired) electrons.